The topological polar surface area (TPSA) is 188 Å². The van der Waals surface area contributed by atoms with E-state index in [0.29, 0.717) is 46.4 Å². The minimum atomic E-state index is -1.28. The molecule has 1 saturated heterocycles. The number of phenols is 1. The Balaban J connectivity index is 1.10. The third-order valence-electron chi connectivity index (χ3n) is 9.88. The summed E-state index contributed by atoms with van der Waals surface area (Å²) < 4.78 is 5.51. The van der Waals surface area contributed by atoms with Crippen molar-refractivity contribution in [3.8, 4) is 11.5 Å². The first kappa shape index (κ1) is 38.9. The SMILES string of the molecule is COc1ccc2c(c1)C(c1ccc(Cl)cc1)=NC(CC(=O)NCc1cccc(C3CCN(C(=O)C=Cc4ccc(C(N)O)c(O)c4)CC3)c1)C(=N)N2C(C)=N. The predicted octanol–water partition coefficient (Wildman–Crippen LogP) is 6.13. The smallest absolute Gasteiger partial charge is 0.246 e. The van der Waals surface area contributed by atoms with Crippen LogP contribution in [0.15, 0.2) is 96.0 Å². The third kappa shape index (κ3) is 9.11. The summed E-state index contributed by atoms with van der Waals surface area (Å²) in [6.45, 7) is 3.07. The molecule has 2 aliphatic heterocycles. The van der Waals surface area contributed by atoms with E-state index < -0.39 is 12.3 Å². The number of ether oxygens (including phenoxy) is 1. The Bertz CT molecular complexity index is 2160. The van der Waals surface area contributed by atoms with Gasteiger partial charge in [-0.15, -0.1) is 0 Å². The molecule has 4 aromatic carbocycles. The van der Waals surface area contributed by atoms with Crippen molar-refractivity contribution in [2.45, 2.75) is 50.9 Å². The van der Waals surface area contributed by atoms with E-state index in [4.69, 9.17) is 37.9 Å². The van der Waals surface area contributed by atoms with Gasteiger partial charge in [0.15, 0.2) is 0 Å². The average molecular weight is 762 g/mol. The number of nitrogens with zero attached hydrogens (tertiary/aromatic N) is 3. The summed E-state index contributed by atoms with van der Waals surface area (Å²) in [6, 6.07) is 24.5. The van der Waals surface area contributed by atoms with Crippen LogP contribution >= 0.6 is 11.6 Å². The second kappa shape index (κ2) is 17.1. The number of phenolic OH excluding ortho intramolecular Hbond substituents is 1. The molecule has 2 heterocycles. The lowest BCUT2D eigenvalue weighted by Crippen LogP contribution is -2.42. The zero-order chi connectivity index (χ0) is 39.2. The number of aromatic hydroxyl groups is 1. The number of aliphatic hydroxyl groups is 1. The Hall–Kier alpha value is -5.82. The highest BCUT2D eigenvalue weighted by molar-refractivity contribution is 6.31. The number of methoxy groups -OCH3 is 1. The van der Waals surface area contributed by atoms with Crippen LogP contribution in [0.2, 0.25) is 5.02 Å². The summed E-state index contributed by atoms with van der Waals surface area (Å²) in [6.07, 6.45) is 3.30. The lowest BCUT2D eigenvalue weighted by atomic mass is 9.88. The van der Waals surface area contributed by atoms with Crippen molar-refractivity contribution < 1.29 is 24.5 Å². The maximum absolute atomic E-state index is 13.5. The van der Waals surface area contributed by atoms with Crippen molar-refractivity contribution in [2.24, 2.45) is 10.7 Å². The number of aliphatic hydroxyl groups excluding tert-OH is 1. The zero-order valence-electron chi connectivity index (χ0n) is 30.6. The minimum absolute atomic E-state index is 0.0153. The highest BCUT2D eigenvalue weighted by Gasteiger charge is 2.32. The van der Waals surface area contributed by atoms with Crippen LogP contribution in [0.1, 0.15) is 71.7 Å². The fourth-order valence-corrected chi connectivity index (χ4v) is 7.09. The fraction of sp³-hybridized carbons (Fsp3) is 0.262. The first-order chi connectivity index (χ1) is 26.4. The van der Waals surface area contributed by atoms with Gasteiger partial charge in [0.25, 0.3) is 0 Å². The number of aliphatic imine (C=N–C) groups is 1. The molecular weight excluding hydrogens is 718 g/mol. The van der Waals surface area contributed by atoms with Gasteiger partial charge in [-0.2, -0.15) is 0 Å². The summed E-state index contributed by atoms with van der Waals surface area (Å²) in [5.74, 6) is 0.440. The van der Waals surface area contributed by atoms with Gasteiger partial charge in [-0.25, -0.2) is 0 Å². The van der Waals surface area contributed by atoms with Gasteiger partial charge >= 0.3 is 0 Å². The Morgan fingerprint density at radius 1 is 1.07 bits per heavy atom. The highest BCUT2D eigenvalue weighted by Crippen LogP contribution is 2.34. The Kier molecular flexibility index (Phi) is 12.1. The molecule has 0 aliphatic carbocycles. The molecule has 0 spiro atoms. The monoisotopic (exact) mass is 761 g/mol. The molecule has 4 aromatic rings. The number of anilines is 1. The van der Waals surface area contributed by atoms with Crippen molar-refractivity contribution in [3.05, 3.63) is 129 Å². The van der Waals surface area contributed by atoms with Crippen LogP contribution in [0.4, 0.5) is 5.69 Å². The molecule has 6 rings (SSSR count). The summed E-state index contributed by atoms with van der Waals surface area (Å²) in [7, 11) is 1.57. The van der Waals surface area contributed by atoms with E-state index in [-0.39, 0.29) is 53.7 Å². The second-order valence-corrected chi connectivity index (χ2v) is 14.0. The highest BCUT2D eigenvalue weighted by atomic mass is 35.5. The molecule has 284 valence electrons. The predicted molar refractivity (Wildman–Crippen MR) is 215 cm³/mol. The number of carbonyl (C=O) groups excluding carboxylic acids is 2. The molecule has 0 saturated carbocycles. The first-order valence-electron chi connectivity index (χ1n) is 18.0. The number of nitrogens with one attached hydrogen (secondary N) is 3. The second-order valence-electron chi connectivity index (χ2n) is 13.6. The molecule has 13 heteroatoms. The van der Waals surface area contributed by atoms with Gasteiger partial charge in [-0.05, 0) is 84.8 Å². The average Bonchev–Trinajstić information content (AvgIpc) is 3.29. The normalized spacial score (nSPS) is 16.6. The molecule has 2 aliphatic rings. The molecule has 55 heavy (non-hydrogen) atoms. The van der Waals surface area contributed by atoms with E-state index >= 15 is 0 Å². The Morgan fingerprint density at radius 2 is 1.82 bits per heavy atom. The first-order valence-corrected chi connectivity index (χ1v) is 18.3. The van der Waals surface area contributed by atoms with Gasteiger partial charge in [-0.3, -0.25) is 30.3 Å². The number of carbonyl (C=O) groups is 2. The Labute approximate surface area is 324 Å². The number of amidine groups is 2. The summed E-state index contributed by atoms with van der Waals surface area (Å²) in [5, 5.41) is 40.9. The molecule has 7 N–H and O–H groups in total. The maximum Gasteiger partial charge on any atom is 0.246 e. The lowest BCUT2D eigenvalue weighted by Gasteiger charge is -2.31. The van der Waals surface area contributed by atoms with Crippen molar-refractivity contribution in [3.63, 3.8) is 0 Å². The van der Waals surface area contributed by atoms with Gasteiger partial charge in [0.05, 0.1) is 24.9 Å². The summed E-state index contributed by atoms with van der Waals surface area (Å²) in [4.78, 5) is 34.7. The number of benzodiazepines with no additional fused rings is 1. The number of amides is 2. The van der Waals surface area contributed by atoms with E-state index in [0.717, 1.165) is 29.5 Å². The third-order valence-corrected chi connectivity index (χ3v) is 10.1. The number of fused-ring (bicyclic) bond motifs is 1. The van der Waals surface area contributed by atoms with E-state index in [1.54, 1.807) is 55.3 Å². The number of piperidine rings is 1. The summed E-state index contributed by atoms with van der Waals surface area (Å²) >= 11 is 6.20. The van der Waals surface area contributed by atoms with E-state index in [1.165, 1.54) is 23.1 Å². The number of benzene rings is 4. The van der Waals surface area contributed by atoms with Gasteiger partial charge in [0.1, 0.15) is 35.4 Å². The molecule has 2 atom stereocenters. The standard InChI is InChI=1S/C42H44ClN7O5/c1-25(44)50-36-14-12-32(55-2)22-34(36)40(29-8-10-31(43)11-9-29)48-35(41(50)45)23-38(52)47-24-27-4-3-5-30(20-27)28-16-18-49(19-17-28)39(53)15-7-26-6-13-33(42(46)54)37(51)21-26/h3-15,20-22,28,35,42,44-45,51,54H,16-19,23-24,46H2,1-2H3,(H,47,52). The van der Waals surface area contributed by atoms with Gasteiger partial charge in [0.2, 0.25) is 11.8 Å². The number of likely N-dealkylation sites (tertiary alicyclic amines) is 1. The zero-order valence-corrected chi connectivity index (χ0v) is 31.4. The largest absolute Gasteiger partial charge is 0.507 e. The van der Waals surface area contributed by atoms with Crippen molar-refractivity contribution in [1.82, 2.24) is 10.2 Å². The van der Waals surface area contributed by atoms with E-state index in [9.17, 15) is 19.8 Å². The fourth-order valence-electron chi connectivity index (χ4n) is 6.96. The Morgan fingerprint density at radius 3 is 2.49 bits per heavy atom. The van der Waals surface area contributed by atoms with E-state index in [2.05, 4.69) is 17.4 Å². The molecule has 2 unspecified atom stereocenters. The molecule has 12 nitrogen and oxygen atoms in total. The van der Waals surface area contributed by atoms with Crippen LogP contribution in [0.25, 0.3) is 6.08 Å². The van der Waals surface area contributed by atoms with Gasteiger partial charge in [0, 0.05) is 47.4 Å². The van der Waals surface area contributed by atoms with Gasteiger partial charge < -0.3 is 30.9 Å². The molecule has 0 radical (unpaired) electrons. The number of hydrogen-bond donors (Lipinski definition) is 6. The lowest BCUT2D eigenvalue weighted by molar-refractivity contribution is -0.127. The van der Waals surface area contributed by atoms with Crippen molar-refractivity contribution in [2.75, 3.05) is 25.1 Å². The molecule has 0 aromatic heterocycles. The summed E-state index contributed by atoms with van der Waals surface area (Å²) in [5.41, 5.74) is 10.9. The van der Waals surface area contributed by atoms with Crippen LogP contribution in [0.3, 0.4) is 0 Å². The number of halogens is 1. The van der Waals surface area contributed by atoms with Crippen LogP contribution in [-0.2, 0) is 16.1 Å². The number of nitrogens with two attached hydrogens (primary N) is 1. The molecule has 1 fully saturated rings. The van der Waals surface area contributed by atoms with E-state index in [1.807, 2.05) is 30.3 Å². The number of rotatable bonds is 10. The maximum atomic E-state index is 13.5. The van der Waals surface area contributed by atoms with Gasteiger partial charge in [-0.1, -0.05) is 60.1 Å². The molecule has 0 bridgehead atoms. The molecular formula is C42H44ClN7O5. The van der Waals surface area contributed by atoms with Crippen LogP contribution in [-0.4, -0.2) is 70.6 Å². The minimum Gasteiger partial charge on any atom is -0.507 e. The van der Waals surface area contributed by atoms with Crippen LogP contribution in [0, 0.1) is 10.8 Å². The van der Waals surface area contributed by atoms with Crippen molar-refractivity contribution in [1.29, 1.82) is 10.8 Å². The molecule has 2 amide bonds. The number of hydrogen-bond acceptors (Lipinski definition) is 9. The van der Waals surface area contributed by atoms with Crippen LogP contribution < -0.4 is 20.7 Å². The van der Waals surface area contributed by atoms with Crippen molar-refractivity contribution >= 4 is 52.6 Å². The quantitative estimate of drug-likeness (QED) is 0.0485. The van der Waals surface area contributed by atoms with Crippen LogP contribution in [0.5, 0.6) is 11.5 Å².